The van der Waals surface area contributed by atoms with Gasteiger partial charge in [0, 0.05) is 30.9 Å². The molecule has 1 heterocycles. The van der Waals surface area contributed by atoms with Crippen LogP contribution in [0.5, 0.6) is 0 Å². The van der Waals surface area contributed by atoms with Crippen molar-refractivity contribution in [1.29, 1.82) is 0 Å². The SMILES string of the molecule is CCN(Cc1csc(C(C)C)n1)C(=O)N[C@@H](C)C(=O)N[C@@H](Cc1ccccc1)[C@H](O)CN(CC(C)C)S(=O)(=O)c1ccc(C=NO)cc1. The van der Waals surface area contributed by atoms with Crippen molar-refractivity contribution in [3.05, 3.63) is 81.8 Å². The van der Waals surface area contributed by atoms with Crippen LogP contribution in [0.1, 0.15) is 69.3 Å². The zero-order chi connectivity index (χ0) is 35.4. The van der Waals surface area contributed by atoms with Crippen LogP contribution in [0.25, 0.3) is 0 Å². The molecule has 2 aromatic carbocycles. The zero-order valence-corrected chi connectivity index (χ0v) is 30.0. The van der Waals surface area contributed by atoms with Gasteiger partial charge in [0.25, 0.3) is 0 Å². The lowest BCUT2D eigenvalue weighted by atomic mass is 10.0. The first-order valence-corrected chi connectivity index (χ1v) is 18.4. The lowest BCUT2D eigenvalue weighted by Gasteiger charge is -2.31. The van der Waals surface area contributed by atoms with Gasteiger partial charge in [0.2, 0.25) is 15.9 Å². The third-order valence-corrected chi connectivity index (χ3v) is 10.6. The first-order chi connectivity index (χ1) is 22.7. The number of benzene rings is 2. The Morgan fingerprint density at radius 1 is 1.00 bits per heavy atom. The molecule has 12 nitrogen and oxygen atoms in total. The van der Waals surface area contributed by atoms with E-state index in [-0.39, 0.29) is 36.2 Å². The van der Waals surface area contributed by atoms with Crippen LogP contribution in [-0.4, -0.2) is 88.9 Å². The minimum atomic E-state index is -4.04. The topological polar surface area (TPSA) is 165 Å². The Morgan fingerprint density at radius 3 is 2.23 bits per heavy atom. The fourth-order valence-corrected chi connectivity index (χ4v) is 7.39. The van der Waals surface area contributed by atoms with Gasteiger partial charge in [-0.15, -0.1) is 11.3 Å². The summed E-state index contributed by atoms with van der Waals surface area (Å²) in [5.41, 5.74) is 2.13. The molecule has 48 heavy (non-hydrogen) atoms. The van der Waals surface area contributed by atoms with Gasteiger partial charge >= 0.3 is 6.03 Å². The van der Waals surface area contributed by atoms with Gasteiger partial charge in [-0.25, -0.2) is 18.2 Å². The Labute approximate surface area is 287 Å². The standard InChI is InChI=1S/C34H48N6O6S2/c1-7-39(20-28-22-47-33(37-28)24(4)5)34(43)36-25(6)32(42)38-30(17-26-11-9-8-10-12-26)31(41)21-40(19-23(2)3)48(45,46)29-15-13-27(14-16-29)18-35-44/h8-16,18,22-25,30-31,41,44H,7,17,19-21H2,1-6H3,(H,36,43)(H,38,42)/t25-,30-,31+/m0/s1. The lowest BCUT2D eigenvalue weighted by Crippen LogP contribution is -2.56. The van der Waals surface area contributed by atoms with E-state index in [0.717, 1.165) is 16.3 Å². The van der Waals surface area contributed by atoms with E-state index in [4.69, 9.17) is 5.21 Å². The van der Waals surface area contributed by atoms with Crippen molar-refractivity contribution < 1.29 is 28.3 Å². The molecule has 14 heteroatoms. The van der Waals surface area contributed by atoms with Crippen LogP contribution in [0.15, 0.2) is 70.0 Å². The molecular weight excluding hydrogens is 653 g/mol. The minimum Gasteiger partial charge on any atom is -0.411 e. The number of aliphatic hydroxyl groups is 1. The van der Waals surface area contributed by atoms with Gasteiger partial charge < -0.3 is 25.8 Å². The molecule has 1 aromatic heterocycles. The number of aliphatic hydroxyl groups excluding tert-OH is 1. The van der Waals surface area contributed by atoms with E-state index >= 15 is 0 Å². The highest BCUT2D eigenvalue weighted by molar-refractivity contribution is 7.89. The van der Waals surface area contributed by atoms with E-state index in [1.807, 2.05) is 56.5 Å². The van der Waals surface area contributed by atoms with Crippen molar-refractivity contribution >= 4 is 39.5 Å². The Bertz CT molecular complexity index is 1600. The second-order valence-electron chi connectivity index (χ2n) is 12.4. The molecule has 3 aromatic rings. The second-order valence-corrected chi connectivity index (χ2v) is 15.2. The number of carbonyl (C=O) groups excluding carboxylic acids is 2. The van der Waals surface area contributed by atoms with Crippen LogP contribution in [0, 0.1) is 5.92 Å². The fraction of sp³-hybridized carbons (Fsp3) is 0.471. The summed E-state index contributed by atoms with van der Waals surface area (Å²) < 4.78 is 28.7. The summed E-state index contributed by atoms with van der Waals surface area (Å²) in [4.78, 5) is 32.8. The number of urea groups is 1. The number of amides is 3. The lowest BCUT2D eigenvalue weighted by molar-refractivity contribution is -0.124. The molecule has 3 amide bonds. The summed E-state index contributed by atoms with van der Waals surface area (Å²) >= 11 is 1.55. The summed E-state index contributed by atoms with van der Waals surface area (Å²) in [5, 5.41) is 31.9. The van der Waals surface area contributed by atoms with Gasteiger partial charge in [-0.05, 0) is 49.4 Å². The van der Waals surface area contributed by atoms with Crippen LogP contribution < -0.4 is 10.6 Å². The average Bonchev–Trinajstić information content (AvgIpc) is 3.52. The molecule has 0 aliphatic heterocycles. The summed E-state index contributed by atoms with van der Waals surface area (Å²) in [5.74, 6) is -0.296. The Hall–Kier alpha value is -3.85. The van der Waals surface area contributed by atoms with Crippen LogP contribution in [-0.2, 0) is 27.8 Å². The van der Waals surface area contributed by atoms with Crippen molar-refractivity contribution in [2.45, 2.75) is 83.5 Å². The molecule has 0 radical (unpaired) electrons. The molecule has 0 aliphatic carbocycles. The third-order valence-electron chi connectivity index (χ3n) is 7.59. The van der Waals surface area contributed by atoms with Crippen molar-refractivity contribution in [2.24, 2.45) is 11.1 Å². The normalized spacial score (nSPS) is 14.0. The highest BCUT2D eigenvalue weighted by atomic mass is 32.2. The number of aromatic nitrogens is 1. The molecule has 0 saturated carbocycles. The molecule has 3 atom stereocenters. The first-order valence-electron chi connectivity index (χ1n) is 16.0. The molecular formula is C34H48N6O6S2. The average molecular weight is 701 g/mol. The van der Waals surface area contributed by atoms with Gasteiger partial charge in [-0.3, -0.25) is 4.79 Å². The van der Waals surface area contributed by atoms with Crippen LogP contribution in [0.4, 0.5) is 4.79 Å². The molecule has 0 spiro atoms. The Balaban J connectivity index is 1.78. The first kappa shape index (κ1) is 38.6. The van der Waals surface area contributed by atoms with E-state index < -0.39 is 40.1 Å². The van der Waals surface area contributed by atoms with Crippen molar-refractivity contribution in [2.75, 3.05) is 19.6 Å². The molecule has 0 fully saturated rings. The maximum absolute atomic E-state index is 13.8. The number of thiazole rings is 1. The van der Waals surface area contributed by atoms with Gasteiger partial charge in [0.1, 0.15) is 6.04 Å². The van der Waals surface area contributed by atoms with Crippen molar-refractivity contribution in [3.63, 3.8) is 0 Å². The predicted molar refractivity (Wildman–Crippen MR) is 188 cm³/mol. The molecule has 4 N–H and O–H groups in total. The van der Waals surface area contributed by atoms with Crippen molar-refractivity contribution in [3.8, 4) is 0 Å². The number of nitrogens with zero attached hydrogens (tertiary/aromatic N) is 4. The van der Waals surface area contributed by atoms with E-state index in [1.54, 1.807) is 23.2 Å². The Morgan fingerprint density at radius 2 is 1.67 bits per heavy atom. The summed E-state index contributed by atoms with van der Waals surface area (Å²) in [6.07, 6.45) is 0.121. The zero-order valence-electron chi connectivity index (χ0n) is 28.4. The molecule has 3 rings (SSSR count). The maximum atomic E-state index is 13.8. The summed E-state index contributed by atoms with van der Waals surface area (Å²) in [7, 11) is -4.04. The summed E-state index contributed by atoms with van der Waals surface area (Å²) in [6, 6.07) is 12.9. The van der Waals surface area contributed by atoms with Crippen LogP contribution in [0.3, 0.4) is 0 Å². The van der Waals surface area contributed by atoms with E-state index in [1.165, 1.54) is 34.8 Å². The number of carbonyl (C=O) groups is 2. The van der Waals surface area contributed by atoms with Crippen LogP contribution in [0.2, 0.25) is 0 Å². The number of oxime groups is 1. The quantitative estimate of drug-likeness (QED) is 0.0919. The number of nitrogens with one attached hydrogen (secondary N) is 2. The second kappa shape index (κ2) is 18.1. The van der Waals surface area contributed by atoms with E-state index in [2.05, 4.69) is 34.6 Å². The van der Waals surface area contributed by atoms with Gasteiger partial charge in [0.15, 0.2) is 0 Å². The molecule has 0 aliphatic rings. The highest BCUT2D eigenvalue weighted by Gasteiger charge is 2.32. The number of sulfonamides is 1. The van der Waals surface area contributed by atoms with Crippen molar-refractivity contribution in [1.82, 2.24) is 24.8 Å². The van der Waals surface area contributed by atoms with Gasteiger partial charge in [-0.2, -0.15) is 4.31 Å². The fourth-order valence-electron chi connectivity index (χ4n) is 4.94. The number of hydrogen-bond acceptors (Lipinski definition) is 9. The van der Waals surface area contributed by atoms with Crippen LogP contribution >= 0.6 is 11.3 Å². The number of hydrogen-bond donors (Lipinski definition) is 4. The van der Waals surface area contributed by atoms with Gasteiger partial charge in [0.05, 0.1) is 40.5 Å². The third kappa shape index (κ3) is 11.1. The molecule has 0 bridgehead atoms. The molecule has 0 unspecified atom stereocenters. The largest absolute Gasteiger partial charge is 0.411 e. The molecule has 262 valence electrons. The maximum Gasteiger partial charge on any atom is 0.318 e. The smallest absolute Gasteiger partial charge is 0.318 e. The summed E-state index contributed by atoms with van der Waals surface area (Å²) in [6.45, 7) is 11.8. The highest BCUT2D eigenvalue weighted by Crippen LogP contribution is 2.21. The van der Waals surface area contributed by atoms with E-state index in [0.29, 0.717) is 18.7 Å². The minimum absolute atomic E-state index is 0.0176. The monoisotopic (exact) mass is 700 g/mol. The Kier molecular flexibility index (Phi) is 14.5. The molecule has 0 saturated heterocycles. The predicted octanol–water partition coefficient (Wildman–Crippen LogP) is 4.43. The van der Waals surface area contributed by atoms with Gasteiger partial charge in [-0.1, -0.05) is 75.3 Å². The van der Waals surface area contributed by atoms with E-state index in [9.17, 15) is 23.1 Å². The number of rotatable bonds is 17.